The summed E-state index contributed by atoms with van der Waals surface area (Å²) in [7, 11) is -3.20. The first kappa shape index (κ1) is 32.7. The molecule has 4 nitrogen and oxygen atoms in total. The maximum absolute atomic E-state index is 13.5. The van der Waals surface area contributed by atoms with E-state index in [0.717, 1.165) is 33.4 Å². The summed E-state index contributed by atoms with van der Waals surface area (Å²) in [5.74, 6) is 0. The summed E-state index contributed by atoms with van der Waals surface area (Å²) in [6.07, 6.45) is 0. The number of hydrogen-bond donors (Lipinski definition) is 0. The van der Waals surface area contributed by atoms with Gasteiger partial charge in [-0.15, -0.1) is 0 Å². The van der Waals surface area contributed by atoms with Gasteiger partial charge in [-0.1, -0.05) is 0 Å². The van der Waals surface area contributed by atoms with Crippen molar-refractivity contribution in [2.45, 2.75) is 22.9 Å². The van der Waals surface area contributed by atoms with Crippen LogP contribution in [0.1, 0.15) is 33.4 Å². The zero-order valence-corrected chi connectivity index (χ0v) is 30.3. The first-order valence-electron chi connectivity index (χ1n) is 15.9. The van der Waals surface area contributed by atoms with E-state index in [-0.39, 0.29) is 0 Å². The van der Waals surface area contributed by atoms with Gasteiger partial charge in [0.05, 0.1) is 0 Å². The van der Waals surface area contributed by atoms with E-state index in [1.165, 1.54) is 0 Å². The molecular formula is C40H38CrO4Si2. The Labute approximate surface area is 284 Å². The zero-order chi connectivity index (χ0) is 32.4. The van der Waals surface area contributed by atoms with Crippen LogP contribution in [0.5, 0.6) is 0 Å². The molecule has 6 rings (SSSR count). The van der Waals surface area contributed by atoms with Gasteiger partial charge in [-0.3, -0.25) is 0 Å². The van der Waals surface area contributed by atoms with E-state index in [4.69, 9.17) is 6.96 Å². The number of benzene rings is 6. The van der Waals surface area contributed by atoms with Crippen LogP contribution in [0, 0.1) is 0 Å². The number of rotatable bonds is 14. The Morgan fingerprint density at radius 3 is 0.745 bits per heavy atom. The van der Waals surface area contributed by atoms with Gasteiger partial charge in [0.1, 0.15) is 0 Å². The van der Waals surface area contributed by atoms with Crippen LogP contribution in [0.4, 0.5) is 0 Å². The molecule has 0 saturated carbocycles. The molecule has 0 aliphatic carbocycles. The molecule has 0 saturated heterocycles. The van der Waals surface area contributed by atoms with Crippen LogP contribution < -0.4 is 0 Å². The fourth-order valence-corrected chi connectivity index (χ4v) is 13.7. The molecule has 6 aromatic carbocycles. The van der Waals surface area contributed by atoms with Crippen molar-refractivity contribution in [2.24, 2.45) is 0 Å². The molecule has 47 heavy (non-hydrogen) atoms. The van der Waals surface area contributed by atoms with Crippen LogP contribution in [0.25, 0.3) is 0 Å². The van der Waals surface area contributed by atoms with Crippen LogP contribution in [0.3, 0.4) is 0 Å². The molecule has 0 spiro atoms. The third kappa shape index (κ3) is 7.22. The Kier molecular flexibility index (Phi) is 10.5. The molecule has 6 aromatic rings. The molecule has 7 heteroatoms. The number of hydrogen-bond acceptors (Lipinski definition) is 4. The monoisotopic (exact) mass is 690 g/mol. The molecule has 0 N–H and O–H groups in total. The topological polar surface area (TPSA) is 52.6 Å². The fourth-order valence-electron chi connectivity index (χ4n) is 6.83. The molecule has 0 amide bonds. The average molecular weight is 691 g/mol. The minimum atomic E-state index is -5.10. The second-order valence-corrected chi connectivity index (χ2v) is 17.3. The Morgan fingerprint density at radius 1 is 0.362 bits per heavy atom. The molecule has 236 valence electrons. The fraction of sp³-hybridized carbons (Fsp3) is 0.100. The molecule has 0 bridgehead atoms. The van der Waals surface area contributed by atoms with Gasteiger partial charge in [0.25, 0.3) is 0 Å². The van der Waals surface area contributed by atoms with Crippen molar-refractivity contribution in [1.82, 2.24) is 0 Å². The van der Waals surface area contributed by atoms with Crippen LogP contribution in [0.15, 0.2) is 182 Å². The van der Waals surface area contributed by atoms with E-state index in [2.05, 4.69) is 72.8 Å². The molecule has 0 radical (unpaired) electrons. The Bertz CT molecular complexity index is 1600. The van der Waals surface area contributed by atoms with Crippen molar-refractivity contribution in [1.29, 1.82) is 0 Å². The van der Waals surface area contributed by atoms with Gasteiger partial charge in [-0.05, 0) is 0 Å². The zero-order valence-electron chi connectivity index (χ0n) is 26.2. The van der Waals surface area contributed by atoms with E-state index in [9.17, 15) is 7.61 Å². The molecular weight excluding hydrogens is 653 g/mol. The first-order chi connectivity index (χ1) is 23.0. The van der Waals surface area contributed by atoms with E-state index < -0.39 is 44.0 Å². The Balaban J connectivity index is 1.26. The third-order valence-electron chi connectivity index (χ3n) is 9.01. The summed E-state index contributed by atoms with van der Waals surface area (Å²) >= 11 is -5.10. The quantitative estimate of drug-likeness (QED) is 0.0866. The average Bonchev–Trinajstić information content (AvgIpc) is 3.14. The SMILES string of the molecule is [O]=[Cr](=[O])([O][SiH2]CC(c1ccccc1)(c1ccccc1)c1ccccc1)[O][SiH2]CC(c1ccccc1)(c1ccccc1)c1ccccc1. The van der Waals surface area contributed by atoms with Crippen molar-refractivity contribution < 1.29 is 28.2 Å². The van der Waals surface area contributed by atoms with Gasteiger partial charge in [0, 0.05) is 0 Å². The minimum absolute atomic E-state index is 0.552. The van der Waals surface area contributed by atoms with Gasteiger partial charge < -0.3 is 0 Å². The predicted octanol–water partition coefficient (Wildman–Crippen LogP) is 7.77. The standard InChI is InChI=1S/2C20H19OSi.Cr.2O/c2*21-22-16-20(17-10-4-1-5-11-17,18-12-6-2-7-13-18)19-14-8-3-9-15-19;;;/h2*1-15H,16,22H2;;;/q2*-1;+2;;. The van der Waals surface area contributed by atoms with Crippen LogP contribution in [-0.2, 0) is 39.0 Å². The summed E-state index contributed by atoms with van der Waals surface area (Å²) in [6, 6.07) is 63.0. The molecule has 0 fully saturated rings. The van der Waals surface area contributed by atoms with Gasteiger partial charge in [0.2, 0.25) is 0 Å². The van der Waals surface area contributed by atoms with Crippen LogP contribution in [0.2, 0.25) is 12.1 Å². The summed E-state index contributed by atoms with van der Waals surface area (Å²) in [6.45, 7) is 0. The van der Waals surface area contributed by atoms with Gasteiger partial charge in [0.15, 0.2) is 0 Å². The second-order valence-electron chi connectivity index (χ2n) is 11.6. The van der Waals surface area contributed by atoms with Gasteiger partial charge >= 0.3 is 286 Å². The summed E-state index contributed by atoms with van der Waals surface area (Å²) in [4.78, 5) is 0. The normalized spacial score (nSPS) is 12.6. The predicted molar refractivity (Wildman–Crippen MR) is 189 cm³/mol. The van der Waals surface area contributed by atoms with Crippen molar-refractivity contribution in [3.05, 3.63) is 215 Å². The van der Waals surface area contributed by atoms with Crippen molar-refractivity contribution >= 4 is 19.5 Å². The van der Waals surface area contributed by atoms with Crippen molar-refractivity contribution in [3.63, 3.8) is 0 Å². The molecule has 0 aliphatic heterocycles. The summed E-state index contributed by atoms with van der Waals surface area (Å²) in [5.41, 5.74) is 5.53. The molecule has 0 atom stereocenters. The Morgan fingerprint density at radius 2 is 0.553 bits per heavy atom. The van der Waals surface area contributed by atoms with Gasteiger partial charge in [-0.2, -0.15) is 0 Å². The third-order valence-corrected chi connectivity index (χ3v) is 16.1. The van der Waals surface area contributed by atoms with Crippen LogP contribution in [-0.4, -0.2) is 19.5 Å². The summed E-state index contributed by atoms with van der Waals surface area (Å²) in [5, 5.41) is 0. The van der Waals surface area contributed by atoms with Crippen LogP contribution >= 0.6 is 0 Å². The van der Waals surface area contributed by atoms with Crippen molar-refractivity contribution in [2.75, 3.05) is 0 Å². The molecule has 0 aliphatic rings. The molecule has 0 heterocycles. The first-order valence-corrected chi connectivity index (χ1v) is 21.2. The maximum atomic E-state index is 13.5. The second kappa shape index (κ2) is 15.1. The van der Waals surface area contributed by atoms with E-state index in [0.29, 0.717) is 12.1 Å². The van der Waals surface area contributed by atoms with Gasteiger partial charge in [-0.25, -0.2) is 0 Å². The molecule has 0 aromatic heterocycles. The van der Waals surface area contributed by atoms with E-state index >= 15 is 0 Å². The van der Waals surface area contributed by atoms with Crippen molar-refractivity contribution in [3.8, 4) is 0 Å². The Hall–Kier alpha value is -4.19. The molecule has 0 unspecified atom stereocenters. The van der Waals surface area contributed by atoms with E-state index in [1.54, 1.807) is 0 Å². The summed E-state index contributed by atoms with van der Waals surface area (Å²) < 4.78 is 38.8. The van der Waals surface area contributed by atoms with E-state index in [1.807, 2.05) is 109 Å².